The molecule has 3 nitrogen and oxygen atoms in total. The van der Waals surface area contributed by atoms with Crippen LogP contribution >= 0.6 is 11.8 Å². The molecule has 1 aliphatic rings. The van der Waals surface area contributed by atoms with Crippen molar-refractivity contribution in [1.82, 2.24) is 5.32 Å². The van der Waals surface area contributed by atoms with Crippen LogP contribution in [0.15, 0.2) is 24.3 Å². The average molecular weight is 307 g/mol. The molecule has 2 atom stereocenters. The quantitative estimate of drug-likeness (QED) is 0.878. The molecule has 1 aromatic carbocycles. The number of rotatable bonds is 5. The summed E-state index contributed by atoms with van der Waals surface area (Å²) in [5.41, 5.74) is 1.15. The lowest BCUT2D eigenvalue weighted by atomic mass is 9.79. The van der Waals surface area contributed by atoms with Gasteiger partial charge < -0.3 is 10.4 Å². The van der Waals surface area contributed by atoms with Crippen LogP contribution in [0, 0.1) is 5.92 Å². The Morgan fingerprint density at radius 2 is 2.14 bits per heavy atom. The molecule has 116 valence electrons. The number of nitrogens with one attached hydrogen (secondary N) is 1. The molecule has 0 saturated heterocycles. The lowest BCUT2D eigenvalue weighted by molar-refractivity contribution is -0.0109. The first-order chi connectivity index (χ1) is 10.0. The smallest absolute Gasteiger partial charge is 0.251 e. The van der Waals surface area contributed by atoms with Crippen molar-refractivity contribution in [3.63, 3.8) is 0 Å². The van der Waals surface area contributed by atoms with Crippen molar-refractivity contribution in [2.24, 2.45) is 5.92 Å². The van der Waals surface area contributed by atoms with E-state index < -0.39 is 5.60 Å². The molecule has 4 heteroatoms. The van der Waals surface area contributed by atoms with E-state index in [-0.39, 0.29) is 5.91 Å². The van der Waals surface area contributed by atoms with Crippen molar-refractivity contribution in [1.29, 1.82) is 0 Å². The molecule has 0 aliphatic heterocycles. The Bertz CT molecular complexity index is 474. The summed E-state index contributed by atoms with van der Waals surface area (Å²) in [6.07, 6.45) is 5.83. The largest absolute Gasteiger partial charge is 0.388 e. The summed E-state index contributed by atoms with van der Waals surface area (Å²) in [5.74, 6) is 1.39. The highest BCUT2D eigenvalue weighted by molar-refractivity contribution is 7.97. The summed E-state index contributed by atoms with van der Waals surface area (Å²) in [5, 5.41) is 13.4. The summed E-state index contributed by atoms with van der Waals surface area (Å²) in [6, 6.07) is 7.69. The normalized spacial score (nSPS) is 25.6. The minimum absolute atomic E-state index is 0.0997. The van der Waals surface area contributed by atoms with Gasteiger partial charge in [0.2, 0.25) is 0 Å². The van der Waals surface area contributed by atoms with E-state index in [9.17, 15) is 9.90 Å². The summed E-state index contributed by atoms with van der Waals surface area (Å²) < 4.78 is 0. The molecule has 0 heterocycles. The topological polar surface area (TPSA) is 49.3 Å². The van der Waals surface area contributed by atoms with Gasteiger partial charge in [-0.25, -0.2) is 0 Å². The second-order valence-electron chi connectivity index (χ2n) is 6.24. The summed E-state index contributed by atoms with van der Waals surface area (Å²) in [4.78, 5) is 12.2. The molecule has 2 rings (SSSR count). The predicted molar refractivity (Wildman–Crippen MR) is 88.6 cm³/mol. The Morgan fingerprint density at radius 1 is 1.43 bits per heavy atom. The van der Waals surface area contributed by atoms with E-state index in [4.69, 9.17) is 0 Å². The average Bonchev–Trinajstić information content (AvgIpc) is 2.46. The number of carbonyl (C=O) groups excluding carboxylic acids is 1. The van der Waals surface area contributed by atoms with Crippen molar-refractivity contribution in [2.75, 3.05) is 12.8 Å². The molecule has 1 saturated carbocycles. The molecule has 0 spiro atoms. The van der Waals surface area contributed by atoms with Crippen LogP contribution in [0.4, 0.5) is 0 Å². The number of aliphatic hydroxyl groups is 1. The zero-order valence-electron chi connectivity index (χ0n) is 12.9. The van der Waals surface area contributed by atoms with Gasteiger partial charge in [-0.3, -0.25) is 4.79 Å². The fraction of sp³-hybridized carbons (Fsp3) is 0.588. The second kappa shape index (κ2) is 7.32. The standard InChI is InChI=1S/C17H25NO2S/c1-13-4-3-9-17(20,10-13)12-18-16(19)15-7-5-14(6-8-15)11-21-2/h5-8,13,20H,3-4,9-12H2,1-2H3,(H,18,19). The maximum absolute atomic E-state index is 12.2. The van der Waals surface area contributed by atoms with Gasteiger partial charge in [0.25, 0.3) is 5.91 Å². The van der Waals surface area contributed by atoms with E-state index in [2.05, 4.69) is 18.5 Å². The molecular formula is C17H25NO2S. The SMILES string of the molecule is CSCc1ccc(C(=O)NCC2(O)CCCC(C)C2)cc1. The van der Waals surface area contributed by atoms with E-state index in [1.54, 1.807) is 11.8 Å². The molecule has 2 unspecified atom stereocenters. The third-order valence-corrected chi connectivity index (χ3v) is 4.79. The van der Waals surface area contributed by atoms with Crippen molar-refractivity contribution in [3.8, 4) is 0 Å². The number of thioether (sulfide) groups is 1. The minimum Gasteiger partial charge on any atom is -0.388 e. The van der Waals surface area contributed by atoms with E-state index in [0.717, 1.165) is 25.0 Å². The van der Waals surface area contributed by atoms with Gasteiger partial charge in [-0.1, -0.05) is 31.9 Å². The number of amides is 1. The molecule has 1 aromatic rings. The highest BCUT2D eigenvalue weighted by atomic mass is 32.2. The number of benzene rings is 1. The van der Waals surface area contributed by atoms with Gasteiger partial charge in [0.1, 0.15) is 0 Å². The van der Waals surface area contributed by atoms with Crippen LogP contribution in [0.25, 0.3) is 0 Å². The Labute approximate surface area is 131 Å². The van der Waals surface area contributed by atoms with Crippen LogP contribution in [0.2, 0.25) is 0 Å². The molecule has 1 fully saturated rings. The van der Waals surface area contributed by atoms with Gasteiger partial charge in [-0.05, 0) is 42.7 Å². The van der Waals surface area contributed by atoms with E-state index >= 15 is 0 Å². The summed E-state index contributed by atoms with van der Waals surface area (Å²) in [6.45, 7) is 2.51. The lowest BCUT2D eigenvalue weighted by Crippen LogP contribution is -2.45. The van der Waals surface area contributed by atoms with Gasteiger partial charge in [0.05, 0.1) is 5.60 Å². The predicted octanol–water partition coefficient (Wildman–Crippen LogP) is 3.22. The zero-order chi connectivity index (χ0) is 15.3. The first kappa shape index (κ1) is 16.4. The van der Waals surface area contributed by atoms with Crippen molar-refractivity contribution < 1.29 is 9.90 Å². The Balaban J connectivity index is 1.89. The third-order valence-electron chi connectivity index (χ3n) is 4.17. The first-order valence-corrected chi connectivity index (χ1v) is 9.00. The van der Waals surface area contributed by atoms with Crippen LogP contribution in [0.5, 0.6) is 0 Å². The summed E-state index contributed by atoms with van der Waals surface area (Å²) in [7, 11) is 0. The Morgan fingerprint density at radius 3 is 2.76 bits per heavy atom. The number of hydrogen-bond acceptors (Lipinski definition) is 3. The molecule has 0 aromatic heterocycles. The van der Waals surface area contributed by atoms with Gasteiger partial charge in [0, 0.05) is 17.9 Å². The summed E-state index contributed by atoms with van der Waals surface area (Å²) >= 11 is 1.76. The number of carbonyl (C=O) groups is 1. The van der Waals surface area contributed by atoms with Crippen molar-refractivity contribution in [2.45, 2.75) is 44.0 Å². The molecule has 21 heavy (non-hydrogen) atoms. The molecule has 0 bridgehead atoms. The van der Waals surface area contributed by atoms with Crippen LogP contribution in [-0.2, 0) is 5.75 Å². The fourth-order valence-electron chi connectivity index (χ4n) is 3.06. The molecular weight excluding hydrogens is 282 g/mol. The molecule has 0 radical (unpaired) electrons. The van der Waals surface area contributed by atoms with E-state index in [1.807, 2.05) is 24.3 Å². The molecule has 1 amide bonds. The number of hydrogen-bond donors (Lipinski definition) is 2. The maximum Gasteiger partial charge on any atom is 0.251 e. The Hall–Kier alpha value is -1.00. The van der Waals surface area contributed by atoms with Crippen molar-refractivity contribution >= 4 is 17.7 Å². The monoisotopic (exact) mass is 307 g/mol. The van der Waals surface area contributed by atoms with Crippen LogP contribution in [0.1, 0.15) is 48.5 Å². The van der Waals surface area contributed by atoms with Gasteiger partial charge >= 0.3 is 0 Å². The molecule has 1 aliphatic carbocycles. The van der Waals surface area contributed by atoms with Gasteiger partial charge in [-0.2, -0.15) is 11.8 Å². The zero-order valence-corrected chi connectivity index (χ0v) is 13.7. The highest BCUT2D eigenvalue weighted by Gasteiger charge is 2.32. The van der Waals surface area contributed by atoms with Crippen LogP contribution < -0.4 is 5.32 Å². The fourth-order valence-corrected chi connectivity index (χ4v) is 3.58. The third kappa shape index (κ3) is 4.75. The van der Waals surface area contributed by atoms with E-state index in [0.29, 0.717) is 18.0 Å². The minimum atomic E-state index is -0.730. The molecule has 2 N–H and O–H groups in total. The van der Waals surface area contributed by atoms with Crippen molar-refractivity contribution in [3.05, 3.63) is 35.4 Å². The van der Waals surface area contributed by atoms with E-state index in [1.165, 1.54) is 12.0 Å². The van der Waals surface area contributed by atoms with Gasteiger partial charge in [0.15, 0.2) is 0 Å². The maximum atomic E-state index is 12.2. The first-order valence-electron chi connectivity index (χ1n) is 7.61. The highest BCUT2D eigenvalue weighted by Crippen LogP contribution is 2.31. The lowest BCUT2D eigenvalue weighted by Gasteiger charge is -2.35. The van der Waals surface area contributed by atoms with Crippen LogP contribution in [0.3, 0.4) is 0 Å². The second-order valence-corrected chi connectivity index (χ2v) is 7.10. The van der Waals surface area contributed by atoms with Crippen LogP contribution in [-0.4, -0.2) is 29.4 Å². The van der Waals surface area contributed by atoms with Gasteiger partial charge in [-0.15, -0.1) is 0 Å². The Kier molecular flexibility index (Phi) is 5.71.